The molecule has 0 unspecified atom stereocenters. The number of benzene rings is 1. The van der Waals surface area contributed by atoms with Gasteiger partial charge in [-0.25, -0.2) is 8.42 Å². The number of aliphatic hydroxyl groups excluding tert-OH is 1. The molecule has 0 saturated carbocycles. The molecule has 96 valence electrons. The minimum atomic E-state index is -3.48. The molecule has 0 heterocycles. The van der Waals surface area contributed by atoms with Crippen LogP contribution in [0.4, 0.5) is 0 Å². The minimum Gasteiger partial charge on any atom is -0.395 e. The summed E-state index contributed by atoms with van der Waals surface area (Å²) in [5, 5.41) is 11.7. The number of hydrogen-bond acceptors (Lipinski definition) is 4. The minimum absolute atomic E-state index is 0.0978. The number of nitrogens with one attached hydrogen (secondary N) is 1. The lowest BCUT2D eigenvalue weighted by Crippen LogP contribution is -2.29. The SMILES string of the molecule is CNCc1ccc(S(=O)(=O)N(C)CCO)cc1. The summed E-state index contributed by atoms with van der Waals surface area (Å²) in [4.78, 5) is 0.244. The van der Waals surface area contributed by atoms with Gasteiger partial charge in [-0.05, 0) is 24.7 Å². The summed E-state index contributed by atoms with van der Waals surface area (Å²) < 4.78 is 25.1. The molecule has 0 atom stereocenters. The van der Waals surface area contributed by atoms with E-state index < -0.39 is 10.0 Å². The molecule has 0 amide bonds. The second kappa shape index (κ2) is 6.11. The average molecular weight is 258 g/mol. The van der Waals surface area contributed by atoms with Gasteiger partial charge in [-0.15, -0.1) is 0 Å². The maximum atomic E-state index is 12.0. The van der Waals surface area contributed by atoms with Gasteiger partial charge in [-0.3, -0.25) is 0 Å². The summed E-state index contributed by atoms with van der Waals surface area (Å²) >= 11 is 0. The monoisotopic (exact) mass is 258 g/mol. The van der Waals surface area contributed by atoms with E-state index in [1.807, 2.05) is 7.05 Å². The van der Waals surface area contributed by atoms with Crippen molar-refractivity contribution in [2.45, 2.75) is 11.4 Å². The van der Waals surface area contributed by atoms with E-state index in [0.29, 0.717) is 6.54 Å². The van der Waals surface area contributed by atoms with Crippen molar-refractivity contribution >= 4 is 10.0 Å². The molecule has 1 rings (SSSR count). The van der Waals surface area contributed by atoms with Crippen molar-refractivity contribution in [3.63, 3.8) is 0 Å². The van der Waals surface area contributed by atoms with Gasteiger partial charge in [0.05, 0.1) is 11.5 Å². The molecule has 1 aromatic rings. The smallest absolute Gasteiger partial charge is 0.242 e. The van der Waals surface area contributed by atoms with Gasteiger partial charge in [0.15, 0.2) is 0 Å². The van der Waals surface area contributed by atoms with Crippen molar-refractivity contribution in [2.24, 2.45) is 0 Å². The maximum absolute atomic E-state index is 12.0. The molecule has 2 N–H and O–H groups in total. The summed E-state index contributed by atoms with van der Waals surface area (Å²) in [6.45, 7) is 0.612. The molecule has 0 aromatic heterocycles. The van der Waals surface area contributed by atoms with Crippen LogP contribution < -0.4 is 5.32 Å². The highest BCUT2D eigenvalue weighted by atomic mass is 32.2. The lowest BCUT2D eigenvalue weighted by Gasteiger charge is -2.15. The summed E-state index contributed by atoms with van der Waals surface area (Å²) in [5.41, 5.74) is 1.02. The fraction of sp³-hybridized carbons (Fsp3) is 0.455. The van der Waals surface area contributed by atoms with E-state index in [9.17, 15) is 8.42 Å². The lowest BCUT2D eigenvalue weighted by atomic mass is 10.2. The Hall–Kier alpha value is -0.950. The highest BCUT2D eigenvalue weighted by Gasteiger charge is 2.19. The second-order valence-electron chi connectivity index (χ2n) is 3.72. The van der Waals surface area contributed by atoms with Crippen LogP contribution in [0.25, 0.3) is 0 Å². The standard InChI is InChI=1S/C11H18N2O3S/c1-12-9-10-3-5-11(6-4-10)17(15,16)13(2)7-8-14/h3-6,12,14H,7-9H2,1-2H3. The average Bonchev–Trinajstić information content (AvgIpc) is 2.30. The molecule has 0 aliphatic carbocycles. The predicted octanol–water partition coefficient (Wildman–Crippen LogP) is 0.0188. The van der Waals surface area contributed by atoms with Gasteiger partial charge in [-0.2, -0.15) is 4.31 Å². The van der Waals surface area contributed by atoms with Crippen molar-refractivity contribution < 1.29 is 13.5 Å². The van der Waals surface area contributed by atoms with Crippen molar-refractivity contribution in [1.29, 1.82) is 0 Å². The fourth-order valence-electron chi connectivity index (χ4n) is 1.42. The van der Waals surface area contributed by atoms with Gasteiger partial charge in [-0.1, -0.05) is 12.1 Å². The first-order valence-electron chi connectivity index (χ1n) is 5.33. The van der Waals surface area contributed by atoms with Gasteiger partial charge >= 0.3 is 0 Å². The van der Waals surface area contributed by atoms with Crippen LogP contribution in [0.3, 0.4) is 0 Å². The van der Waals surface area contributed by atoms with E-state index >= 15 is 0 Å². The summed E-state index contributed by atoms with van der Waals surface area (Å²) in [6, 6.07) is 6.71. The Balaban J connectivity index is 2.92. The third kappa shape index (κ3) is 3.50. The van der Waals surface area contributed by atoms with Crippen molar-refractivity contribution in [3.8, 4) is 0 Å². The molecule has 0 radical (unpaired) electrons. The molecule has 0 saturated heterocycles. The maximum Gasteiger partial charge on any atom is 0.242 e. The third-order valence-electron chi connectivity index (χ3n) is 2.43. The van der Waals surface area contributed by atoms with Gasteiger partial charge in [0.25, 0.3) is 0 Å². The van der Waals surface area contributed by atoms with Crippen LogP contribution in [0, 0.1) is 0 Å². The Morgan fingerprint density at radius 1 is 1.29 bits per heavy atom. The van der Waals surface area contributed by atoms with Gasteiger partial charge in [0.1, 0.15) is 0 Å². The first-order valence-corrected chi connectivity index (χ1v) is 6.77. The quantitative estimate of drug-likeness (QED) is 0.754. The molecule has 6 heteroatoms. The van der Waals surface area contributed by atoms with Gasteiger partial charge in [0.2, 0.25) is 10.0 Å². The van der Waals surface area contributed by atoms with Crippen molar-refractivity contribution in [3.05, 3.63) is 29.8 Å². The summed E-state index contributed by atoms with van der Waals surface area (Å²) in [7, 11) is -0.195. The molecule has 0 bridgehead atoms. The van der Waals surface area contributed by atoms with Crippen LogP contribution in [-0.2, 0) is 16.6 Å². The van der Waals surface area contributed by atoms with Crippen molar-refractivity contribution in [2.75, 3.05) is 27.2 Å². The summed E-state index contributed by atoms with van der Waals surface area (Å²) in [5.74, 6) is 0. The first-order chi connectivity index (χ1) is 8.02. The molecule has 0 spiro atoms. The Labute approximate surface area is 102 Å². The Morgan fingerprint density at radius 2 is 1.88 bits per heavy atom. The lowest BCUT2D eigenvalue weighted by molar-refractivity contribution is 0.266. The zero-order chi connectivity index (χ0) is 12.9. The Bertz CT molecular complexity index is 442. The fourth-order valence-corrected chi connectivity index (χ4v) is 2.59. The van der Waals surface area contributed by atoms with Crippen LogP contribution in [0.2, 0.25) is 0 Å². The van der Waals surface area contributed by atoms with Crippen LogP contribution in [0.1, 0.15) is 5.56 Å². The van der Waals surface area contributed by atoms with E-state index in [0.717, 1.165) is 9.87 Å². The van der Waals surface area contributed by atoms with E-state index in [1.165, 1.54) is 7.05 Å². The Morgan fingerprint density at radius 3 is 2.35 bits per heavy atom. The first kappa shape index (κ1) is 14.1. The summed E-state index contributed by atoms with van der Waals surface area (Å²) in [6.07, 6.45) is 0. The topological polar surface area (TPSA) is 69.6 Å². The predicted molar refractivity (Wildman–Crippen MR) is 66.1 cm³/mol. The zero-order valence-corrected chi connectivity index (χ0v) is 10.9. The van der Waals surface area contributed by atoms with Crippen LogP contribution >= 0.6 is 0 Å². The molecule has 0 fully saturated rings. The van der Waals surface area contributed by atoms with E-state index in [4.69, 9.17) is 5.11 Å². The molecule has 17 heavy (non-hydrogen) atoms. The van der Waals surface area contributed by atoms with E-state index in [2.05, 4.69) is 5.32 Å². The molecule has 5 nitrogen and oxygen atoms in total. The van der Waals surface area contributed by atoms with Crippen LogP contribution in [-0.4, -0.2) is 45.1 Å². The molecule has 0 aliphatic heterocycles. The third-order valence-corrected chi connectivity index (χ3v) is 4.30. The molecular weight excluding hydrogens is 240 g/mol. The number of hydrogen-bond donors (Lipinski definition) is 2. The number of rotatable bonds is 6. The van der Waals surface area contributed by atoms with Gasteiger partial charge in [0, 0.05) is 20.1 Å². The molecule has 0 aliphatic rings. The van der Waals surface area contributed by atoms with Gasteiger partial charge < -0.3 is 10.4 Å². The highest BCUT2D eigenvalue weighted by molar-refractivity contribution is 7.89. The highest BCUT2D eigenvalue weighted by Crippen LogP contribution is 2.14. The molecular formula is C11H18N2O3S. The van der Waals surface area contributed by atoms with Crippen molar-refractivity contribution in [1.82, 2.24) is 9.62 Å². The number of nitrogens with zero attached hydrogens (tertiary/aromatic N) is 1. The Kier molecular flexibility index (Phi) is 5.07. The number of aliphatic hydroxyl groups is 1. The largest absolute Gasteiger partial charge is 0.395 e. The van der Waals surface area contributed by atoms with E-state index in [1.54, 1.807) is 24.3 Å². The van der Waals surface area contributed by atoms with E-state index in [-0.39, 0.29) is 18.0 Å². The molecule has 1 aromatic carbocycles. The second-order valence-corrected chi connectivity index (χ2v) is 5.77. The number of likely N-dealkylation sites (N-methyl/N-ethyl adjacent to an activating group) is 1. The normalized spacial score (nSPS) is 12.0. The van der Waals surface area contributed by atoms with Crippen LogP contribution in [0.15, 0.2) is 29.2 Å². The number of sulfonamides is 1. The van der Waals surface area contributed by atoms with Crippen LogP contribution in [0.5, 0.6) is 0 Å². The zero-order valence-electron chi connectivity index (χ0n) is 10.0.